The van der Waals surface area contributed by atoms with E-state index in [1.165, 1.54) is 12.8 Å². The predicted octanol–water partition coefficient (Wildman–Crippen LogP) is 1.58. The summed E-state index contributed by atoms with van der Waals surface area (Å²) in [7, 11) is 0. The van der Waals surface area contributed by atoms with Crippen LogP contribution in [-0.4, -0.2) is 88.2 Å². The quantitative estimate of drug-likeness (QED) is 0.746. The molecule has 7 heteroatoms. The molecule has 2 heterocycles. The van der Waals surface area contributed by atoms with Crippen molar-refractivity contribution < 1.29 is 14.7 Å². The summed E-state index contributed by atoms with van der Waals surface area (Å²) >= 11 is 0. The molecule has 3 rings (SSSR count). The maximum Gasteiger partial charge on any atom is 0.317 e. The minimum absolute atomic E-state index is 0.0611. The molecule has 3 aliphatic rings. The average molecular weight is 367 g/mol. The summed E-state index contributed by atoms with van der Waals surface area (Å²) < 4.78 is 0. The molecule has 2 amide bonds. The van der Waals surface area contributed by atoms with Crippen molar-refractivity contribution >= 4 is 12.0 Å². The number of nitrogens with zero attached hydrogens (tertiary/aromatic N) is 3. The number of fused-ring (bicyclic) bond motifs is 2. The van der Waals surface area contributed by atoms with Crippen molar-refractivity contribution in [1.82, 2.24) is 20.0 Å². The molecule has 2 unspecified atom stereocenters. The highest BCUT2D eigenvalue weighted by atomic mass is 16.4. The van der Waals surface area contributed by atoms with Crippen LogP contribution < -0.4 is 5.32 Å². The molecule has 0 radical (unpaired) electrons. The molecule has 2 atom stereocenters. The van der Waals surface area contributed by atoms with E-state index in [1.807, 2.05) is 16.7 Å². The van der Waals surface area contributed by atoms with Gasteiger partial charge in [0.25, 0.3) is 0 Å². The van der Waals surface area contributed by atoms with E-state index in [1.54, 1.807) is 0 Å². The highest BCUT2D eigenvalue weighted by Crippen LogP contribution is 2.32. The second-order valence-corrected chi connectivity index (χ2v) is 8.39. The van der Waals surface area contributed by atoms with E-state index in [-0.39, 0.29) is 24.7 Å². The van der Waals surface area contributed by atoms with E-state index in [4.69, 9.17) is 5.11 Å². The van der Waals surface area contributed by atoms with E-state index < -0.39 is 5.97 Å². The van der Waals surface area contributed by atoms with Gasteiger partial charge in [-0.05, 0) is 52.5 Å². The zero-order valence-electron chi connectivity index (χ0n) is 16.4. The van der Waals surface area contributed by atoms with Gasteiger partial charge in [-0.15, -0.1) is 0 Å². The SMILES string of the molecule is CCN(CC(=O)O)C1CC(NC(=O)N2CCC3CCC(C2)N3C(C)C)C1. The van der Waals surface area contributed by atoms with Crippen molar-refractivity contribution in [2.45, 2.75) is 83.1 Å². The summed E-state index contributed by atoms with van der Waals surface area (Å²) in [4.78, 5) is 30.2. The van der Waals surface area contributed by atoms with E-state index in [0.717, 1.165) is 38.9 Å². The fourth-order valence-electron chi connectivity index (χ4n) is 5.08. The minimum atomic E-state index is -0.784. The smallest absolute Gasteiger partial charge is 0.317 e. The van der Waals surface area contributed by atoms with Crippen LogP contribution in [0.3, 0.4) is 0 Å². The van der Waals surface area contributed by atoms with Gasteiger partial charge in [0.15, 0.2) is 0 Å². The zero-order valence-corrected chi connectivity index (χ0v) is 16.4. The first-order valence-electron chi connectivity index (χ1n) is 10.2. The van der Waals surface area contributed by atoms with Crippen LogP contribution in [0.4, 0.5) is 4.79 Å². The molecule has 2 saturated heterocycles. The summed E-state index contributed by atoms with van der Waals surface area (Å²) in [5.74, 6) is -0.784. The lowest BCUT2D eigenvalue weighted by Gasteiger charge is -2.43. The normalized spacial score (nSPS) is 31.8. The number of urea groups is 1. The summed E-state index contributed by atoms with van der Waals surface area (Å²) in [6.07, 6.45) is 5.23. The molecule has 2 N–H and O–H groups in total. The largest absolute Gasteiger partial charge is 0.480 e. The van der Waals surface area contributed by atoms with Gasteiger partial charge < -0.3 is 15.3 Å². The standard InChI is InChI=1S/C19H34N4O3/c1-4-21(12-18(24)25)17-9-14(10-17)20-19(26)22-8-7-15-5-6-16(11-22)23(15)13(2)3/h13-17H,4-12H2,1-3H3,(H,20,26)(H,24,25). The molecule has 0 aromatic rings. The number of carboxylic acid groups (broad SMARTS) is 1. The fourth-order valence-corrected chi connectivity index (χ4v) is 5.08. The van der Waals surface area contributed by atoms with Crippen LogP contribution >= 0.6 is 0 Å². The molecular formula is C19H34N4O3. The highest BCUT2D eigenvalue weighted by Gasteiger charge is 2.40. The lowest BCUT2D eigenvalue weighted by atomic mass is 9.85. The van der Waals surface area contributed by atoms with Crippen LogP contribution in [0, 0.1) is 0 Å². The second-order valence-electron chi connectivity index (χ2n) is 8.39. The van der Waals surface area contributed by atoms with Gasteiger partial charge in [-0.2, -0.15) is 0 Å². The maximum absolute atomic E-state index is 12.7. The highest BCUT2D eigenvalue weighted by molar-refractivity contribution is 5.75. The van der Waals surface area contributed by atoms with Crippen molar-refractivity contribution in [3.8, 4) is 0 Å². The Balaban J connectivity index is 1.47. The number of aliphatic carboxylic acids is 1. The van der Waals surface area contributed by atoms with Gasteiger partial charge >= 0.3 is 12.0 Å². The summed E-state index contributed by atoms with van der Waals surface area (Å²) in [6, 6.07) is 2.17. The molecule has 7 nitrogen and oxygen atoms in total. The number of rotatable bonds is 6. The summed E-state index contributed by atoms with van der Waals surface area (Å²) in [6.45, 7) is 8.99. The van der Waals surface area contributed by atoms with Gasteiger partial charge in [0.2, 0.25) is 0 Å². The Morgan fingerprint density at radius 1 is 1.19 bits per heavy atom. The summed E-state index contributed by atoms with van der Waals surface area (Å²) in [5.41, 5.74) is 0. The Labute approximate surface area is 156 Å². The number of likely N-dealkylation sites (tertiary alicyclic amines) is 1. The number of carbonyl (C=O) groups excluding carboxylic acids is 1. The van der Waals surface area contributed by atoms with Crippen LogP contribution in [0.1, 0.15) is 52.9 Å². The Kier molecular flexibility index (Phi) is 6.07. The summed E-state index contributed by atoms with van der Waals surface area (Å²) in [5, 5.41) is 12.2. The fraction of sp³-hybridized carbons (Fsp3) is 0.895. The monoisotopic (exact) mass is 366 g/mol. The van der Waals surface area contributed by atoms with Gasteiger partial charge in [0.1, 0.15) is 0 Å². The van der Waals surface area contributed by atoms with Crippen molar-refractivity contribution in [3.63, 3.8) is 0 Å². The van der Waals surface area contributed by atoms with E-state index >= 15 is 0 Å². The minimum Gasteiger partial charge on any atom is -0.480 e. The lowest BCUT2D eigenvalue weighted by molar-refractivity contribution is -0.139. The van der Waals surface area contributed by atoms with Crippen LogP contribution in [-0.2, 0) is 4.79 Å². The second kappa shape index (κ2) is 8.13. The number of nitrogens with one attached hydrogen (secondary N) is 1. The van der Waals surface area contributed by atoms with E-state index in [2.05, 4.69) is 24.1 Å². The van der Waals surface area contributed by atoms with Gasteiger partial charge in [-0.25, -0.2) is 4.79 Å². The molecule has 1 aliphatic carbocycles. The predicted molar refractivity (Wildman–Crippen MR) is 100 cm³/mol. The Morgan fingerprint density at radius 3 is 2.50 bits per heavy atom. The maximum atomic E-state index is 12.7. The molecule has 148 valence electrons. The zero-order chi connectivity index (χ0) is 18.8. The lowest BCUT2D eigenvalue weighted by Crippen LogP contribution is -2.57. The molecule has 0 aromatic carbocycles. The first-order chi connectivity index (χ1) is 12.4. The van der Waals surface area contributed by atoms with Gasteiger partial charge in [-0.1, -0.05) is 6.92 Å². The van der Waals surface area contributed by atoms with Crippen LogP contribution in [0.5, 0.6) is 0 Å². The van der Waals surface area contributed by atoms with Gasteiger partial charge in [-0.3, -0.25) is 14.6 Å². The van der Waals surface area contributed by atoms with Crippen LogP contribution in [0.2, 0.25) is 0 Å². The third kappa shape index (κ3) is 4.14. The molecule has 0 aromatic heterocycles. The van der Waals surface area contributed by atoms with E-state index in [9.17, 15) is 9.59 Å². The Bertz CT molecular complexity index is 521. The van der Waals surface area contributed by atoms with Crippen LogP contribution in [0.25, 0.3) is 0 Å². The molecule has 2 aliphatic heterocycles. The Hall–Kier alpha value is -1.34. The van der Waals surface area contributed by atoms with Crippen molar-refractivity contribution in [2.75, 3.05) is 26.2 Å². The number of carboxylic acids is 1. The van der Waals surface area contributed by atoms with E-state index in [0.29, 0.717) is 18.1 Å². The molecular weight excluding hydrogens is 332 g/mol. The first-order valence-corrected chi connectivity index (χ1v) is 10.2. The number of hydrogen-bond acceptors (Lipinski definition) is 4. The van der Waals surface area contributed by atoms with Crippen molar-refractivity contribution in [3.05, 3.63) is 0 Å². The third-order valence-electron chi connectivity index (χ3n) is 6.42. The molecule has 2 bridgehead atoms. The molecule has 1 saturated carbocycles. The third-order valence-corrected chi connectivity index (χ3v) is 6.42. The number of amides is 2. The van der Waals surface area contributed by atoms with Gasteiger partial charge in [0.05, 0.1) is 6.54 Å². The first kappa shape index (κ1) is 19.4. The number of carbonyl (C=O) groups is 2. The molecule has 0 spiro atoms. The van der Waals surface area contributed by atoms with Crippen molar-refractivity contribution in [2.24, 2.45) is 0 Å². The number of hydrogen-bond donors (Lipinski definition) is 2. The van der Waals surface area contributed by atoms with Crippen LogP contribution in [0.15, 0.2) is 0 Å². The number of likely N-dealkylation sites (N-methyl/N-ethyl adjacent to an activating group) is 1. The average Bonchev–Trinajstić information content (AvgIpc) is 2.82. The Morgan fingerprint density at radius 2 is 1.88 bits per heavy atom. The van der Waals surface area contributed by atoms with Crippen molar-refractivity contribution in [1.29, 1.82) is 0 Å². The topological polar surface area (TPSA) is 76.1 Å². The molecule has 26 heavy (non-hydrogen) atoms. The molecule has 3 fully saturated rings. The van der Waals surface area contributed by atoms with Gasteiger partial charge in [0, 0.05) is 43.3 Å².